The minimum absolute atomic E-state index is 0.105. The van der Waals surface area contributed by atoms with Crippen molar-refractivity contribution in [3.63, 3.8) is 0 Å². The average molecular weight is 309 g/mol. The molecule has 4 nitrogen and oxygen atoms in total. The zero-order valence-electron chi connectivity index (χ0n) is 12.7. The fourth-order valence-corrected chi connectivity index (χ4v) is 2.99. The summed E-state index contributed by atoms with van der Waals surface area (Å²) in [5.74, 6) is -0.408. The van der Waals surface area contributed by atoms with Crippen LogP contribution < -0.4 is 5.32 Å². The Balaban J connectivity index is 2.57. The summed E-state index contributed by atoms with van der Waals surface area (Å²) in [6.07, 6.45) is 3.21. The van der Waals surface area contributed by atoms with Crippen LogP contribution in [0.1, 0.15) is 32.3 Å². The van der Waals surface area contributed by atoms with Gasteiger partial charge in [-0.05, 0) is 25.3 Å². The monoisotopic (exact) mass is 309 g/mol. The first-order valence-electron chi connectivity index (χ1n) is 7.04. The molecule has 0 bridgehead atoms. The Kier molecular flexibility index (Phi) is 6.62. The number of allylic oxidation sites excluding steroid dienone is 1. The lowest BCUT2D eigenvalue weighted by molar-refractivity contribution is -0.120. The first-order valence-corrected chi connectivity index (χ1v) is 8.75. The van der Waals surface area contributed by atoms with Gasteiger partial charge in [0.2, 0.25) is 5.91 Å². The fraction of sp³-hybridized carbons (Fsp3) is 0.438. The number of benzene rings is 1. The van der Waals surface area contributed by atoms with Gasteiger partial charge in [-0.25, -0.2) is 8.42 Å². The van der Waals surface area contributed by atoms with E-state index in [4.69, 9.17) is 0 Å². The summed E-state index contributed by atoms with van der Waals surface area (Å²) < 4.78 is 23.9. The summed E-state index contributed by atoms with van der Waals surface area (Å²) in [5.41, 5.74) is 1.11. The van der Waals surface area contributed by atoms with Crippen LogP contribution in [-0.2, 0) is 14.6 Å². The summed E-state index contributed by atoms with van der Waals surface area (Å²) >= 11 is 0. The zero-order chi connectivity index (χ0) is 15.9. The molecule has 0 aliphatic rings. The van der Waals surface area contributed by atoms with Crippen molar-refractivity contribution < 1.29 is 13.2 Å². The highest BCUT2D eigenvalue weighted by molar-refractivity contribution is 7.92. The molecular weight excluding hydrogens is 286 g/mol. The van der Waals surface area contributed by atoms with Crippen molar-refractivity contribution in [3.8, 4) is 0 Å². The van der Waals surface area contributed by atoms with E-state index in [0.717, 1.165) is 5.56 Å². The molecule has 0 fully saturated rings. The molecule has 0 aliphatic heterocycles. The molecule has 116 valence electrons. The van der Waals surface area contributed by atoms with Crippen LogP contribution in [0.4, 0.5) is 0 Å². The summed E-state index contributed by atoms with van der Waals surface area (Å²) in [6, 6.07) is 9.80. The number of carbonyl (C=O) groups excluding carboxylic acids is 1. The summed E-state index contributed by atoms with van der Waals surface area (Å²) in [7, 11) is -3.43. The van der Waals surface area contributed by atoms with E-state index in [-0.39, 0.29) is 11.7 Å². The molecule has 1 rings (SSSR count). The smallest absolute Gasteiger partial charge is 0.238 e. The van der Waals surface area contributed by atoms with E-state index >= 15 is 0 Å². The molecule has 5 heteroatoms. The van der Waals surface area contributed by atoms with E-state index in [0.29, 0.717) is 6.54 Å². The van der Waals surface area contributed by atoms with Crippen molar-refractivity contribution >= 4 is 15.7 Å². The van der Waals surface area contributed by atoms with E-state index < -0.39 is 21.0 Å². The molecule has 0 aliphatic carbocycles. The maximum absolute atomic E-state index is 12.0. The van der Waals surface area contributed by atoms with Crippen molar-refractivity contribution in [1.29, 1.82) is 0 Å². The van der Waals surface area contributed by atoms with Crippen LogP contribution in [0.2, 0.25) is 0 Å². The number of sulfone groups is 1. The predicted molar refractivity (Wildman–Crippen MR) is 85.9 cm³/mol. The van der Waals surface area contributed by atoms with Gasteiger partial charge in [-0.3, -0.25) is 4.79 Å². The first-order chi connectivity index (χ1) is 9.88. The molecule has 0 spiro atoms. The van der Waals surface area contributed by atoms with E-state index in [1.54, 1.807) is 19.1 Å². The number of hydrogen-bond donors (Lipinski definition) is 1. The lowest BCUT2D eigenvalue weighted by Crippen LogP contribution is -2.40. The van der Waals surface area contributed by atoms with Gasteiger partial charge in [0.1, 0.15) is 5.25 Å². The summed E-state index contributed by atoms with van der Waals surface area (Å²) in [6.45, 7) is 5.60. The summed E-state index contributed by atoms with van der Waals surface area (Å²) in [4.78, 5) is 12.0. The van der Waals surface area contributed by atoms with Gasteiger partial charge in [-0.1, -0.05) is 49.4 Å². The third kappa shape index (κ3) is 5.34. The molecule has 0 heterocycles. The number of amides is 1. The Bertz CT molecular complexity index is 579. The second-order valence-corrected chi connectivity index (χ2v) is 7.46. The van der Waals surface area contributed by atoms with Crippen LogP contribution in [0.3, 0.4) is 0 Å². The second-order valence-electron chi connectivity index (χ2n) is 5.10. The topological polar surface area (TPSA) is 63.2 Å². The minimum atomic E-state index is -3.43. The quantitative estimate of drug-likeness (QED) is 0.786. The molecule has 21 heavy (non-hydrogen) atoms. The molecule has 1 aromatic rings. The van der Waals surface area contributed by atoms with Crippen molar-refractivity contribution in [1.82, 2.24) is 5.32 Å². The van der Waals surface area contributed by atoms with E-state index in [9.17, 15) is 13.2 Å². The molecule has 0 radical (unpaired) electrons. The van der Waals surface area contributed by atoms with Crippen LogP contribution in [0.25, 0.3) is 0 Å². The van der Waals surface area contributed by atoms with E-state index in [2.05, 4.69) is 5.32 Å². The SMILES string of the molecule is CC=CCS(=O)(=O)C(C)C(=O)NCC(C)c1ccccc1. The third-order valence-corrected chi connectivity index (χ3v) is 5.37. The number of carbonyl (C=O) groups is 1. The van der Waals surface area contributed by atoms with Gasteiger partial charge in [-0.2, -0.15) is 0 Å². The van der Waals surface area contributed by atoms with Crippen molar-refractivity contribution in [3.05, 3.63) is 48.0 Å². The molecule has 0 saturated carbocycles. The van der Waals surface area contributed by atoms with Crippen LogP contribution >= 0.6 is 0 Å². The Morgan fingerprint density at radius 2 is 1.86 bits per heavy atom. The zero-order valence-corrected chi connectivity index (χ0v) is 13.6. The lowest BCUT2D eigenvalue weighted by Gasteiger charge is -2.16. The van der Waals surface area contributed by atoms with Crippen molar-refractivity contribution in [2.75, 3.05) is 12.3 Å². The molecular formula is C16H23NO3S. The third-order valence-electron chi connectivity index (χ3n) is 3.42. The highest BCUT2D eigenvalue weighted by Gasteiger charge is 2.26. The fourth-order valence-electron chi connectivity index (χ4n) is 1.83. The lowest BCUT2D eigenvalue weighted by atomic mass is 10.0. The van der Waals surface area contributed by atoms with Crippen LogP contribution in [0.15, 0.2) is 42.5 Å². The standard InChI is InChI=1S/C16H23NO3S/c1-4-5-11-21(19,20)14(3)16(18)17-12-13(2)15-9-7-6-8-10-15/h4-10,13-14H,11-12H2,1-3H3,(H,17,18). The van der Waals surface area contributed by atoms with Crippen molar-refractivity contribution in [2.24, 2.45) is 0 Å². The normalized spacial score (nSPS) is 14.8. The highest BCUT2D eigenvalue weighted by atomic mass is 32.2. The van der Waals surface area contributed by atoms with E-state index in [1.807, 2.05) is 37.3 Å². The van der Waals surface area contributed by atoms with Crippen LogP contribution in [0.5, 0.6) is 0 Å². The van der Waals surface area contributed by atoms with Gasteiger partial charge >= 0.3 is 0 Å². The number of hydrogen-bond acceptors (Lipinski definition) is 3. The van der Waals surface area contributed by atoms with Gasteiger partial charge in [0.05, 0.1) is 5.75 Å². The van der Waals surface area contributed by atoms with Gasteiger partial charge in [0, 0.05) is 6.54 Å². The van der Waals surface area contributed by atoms with Gasteiger partial charge in [-0.15, -0.1) is 0 Å². The predicted octanol–water partition coefficient (Wildman–Crippen LogP) is 2.29. The highest BCUT2D eigenvalue weighted by Crippen LogP contribution is 2.13. The van der Waals surface area contributed by atoms with Gasteiger partial charge in [0.15, 0.2) is 9.84 Å². The van der Waals surface area contributed by atoms with Gasteiger partial charge < -0.3 is 5.32 Å². The van der Waals surface area contributed by atoms with Gasteiger partial charge in [0.25, 0.3) is 0 Å². The van der Waals surface area contributed by atoms with Crippen LogP contribution in [-0.4, -0.2) is 31.9 Å². The Morgan fingerprint density at radius 3 is 2.43 bits per heavy atom. The molecule has 0 saturated heterocycles. The minimum Gasteiger partial charge on any atom is -0.354 e. The number of nitrogens with one attached hydrogen (secondary N) is 1. The average Bonchev–Trinajstić information content (AvgIpc) is 2.50. The molecule has 2 unspecified atom stereocenters. The van der Waals surface area contributed by atoms with E-state index in [1.165, 1.54) is 6.92 Å². The molecule has 2 atom stereocenters. The molecule has 1 amide bonds. The van der Waals surface area contributed by atoms with Crippen molar-refractivity contribution in [2.45, 2.75) is 31.9 Å². The molecule has 1 N–H and O–H groups in total. The largest absolute Gasteiger partial charge is 0.354 e. The maximum Gasteiger partial charge on any atom is 0.238 e. The first kappa shape index (κ1) is 17.4. The molecule has 0 aromatic heterocycles. The molecule has 1 aromatic carbocycles. The van der Waals surface area contributed by atoms with Crippen LogP contribution in [0, 0.1) is 0 Å². The Morgan fingerprint density at radius 1 is 1.24 bits per heavy atom. The second kappa shape index (κ2) is 7.98. The maximum atomic E-state index is 12.0. The number of rotatable bonds is 7. The summed E-state index contributed by atoms with van der Waals surface area (Å²) in [5, 5.41) is 1.69. The Hall–Kier alpha value is -1.62. The Labute approximate surface area is 127 Å².